The summed E-state index contributed by atoms with van der Waals surface area (Å²) in [6, 6.07) is 2.61. The highest BCUT2D eigenvalue weighted by Crippen LogP contribution is 2.36. The lowest BCUT2D eigenvalue weighted by atomic mass is 10.2. The van der Waals surface area contributed by atoms with Crippen LogP contribution in [0.1, 0.15) is 32.3 Å². The van der Waals surface area contributed by atoms with Crippen molar-refractivity contribution in [1.29, 1.82) is 0 Å². The van der Waals surface area contributed by atoms with Gasteiger partial charge in [-0.2, -0.15) is 13.2 Å². The topological polar surface area (TPSA) is 123 Å². The zero-order chi connectivity index (χ0) is 28.3. The van der Waals surface area contributed by atoms with Crippen molar-refractivity contribution in [2.24, 2.45) is 0 Å². The number of aryl methyl sites for hydroxylation is 1. The number of rotatable bonds is 11. The Labute approximate surface area is 224 Å². The van der Waals surface area contributed by atoms with Crippen LogP contribution in [0.15, 0.2) is 30.9 Å². The molecule has 4 N–H and O–H groups in total. The fourth-order valence-electron chi connectivity index (χ4n) is 3.61. The summed E-state index contributed by atoms with van der Waals surface area (Å²) in [4.78, 5) is 26.6. The number of amides is 2. The average Bonchev–Trinajstić information content (AvgIpc) is 3.30. The second kappa shape index (κ2) is 14.7. The van der Waals surface area contributed by atoms with Crippen LogP contribution in [0.3, 0.4) is 0 Å². The maximum Gasteiger partial charge on any atom is 0.417 e. The molecule has 0 fully saturated rings. The first-order chi connectivity index (χ1) is 18.1. The minimum Gasteiger partial charge on any atom is -0.382 e. The highest BCUT2D eigenvalue weighted by atomic mass is 35.5. The van der Waals surface area contributed by atoms with Gasteiger partial charge in [0, 0.05) is 32.4 Å². The Bertz CT molecular complexity index is 1180. The number of nitrogens with zero attached hydrogens (tertiary/aromatic N) is 5. The molecule has 0 aliphatic carbocycles. The van der Waals surface area contributed by atoms with Gasteiger partial charge in [-0.1, -0.05) is 25.4 Å². The van der Waals surface area contributed by atoms with Crippen molar-refractivity contribution in [2.45, 2.75) is 45.5 Å². The number of aromatic nitrogens is 4. The Morgan fingerprint density at radius 1 is 1.26 bits per heavy atom. The Morgan fingerprint density at radius 3 is 2.68 bits per heavy atom. The lowest BCUT2D eigenvalue weighted by Crippen LogP contribution is -2.35. The number of urea groups is 1. The fraction of sp³-hybridized carbons (Fsp3) is 0.500. The molecule has 210 valence electrons. The fourth-order valence-corrected chi connectivity index (χ4v) is 3.84. The van der Waals surface area contributed by atoms with Gasteiger partial charge in [0.25, 0.3) is 0 Å². The number of methoxy groups -OCH3 is 1. The number of nitrogens with two attached hydrogens (primary N) is 1. The van der Waals surface area contributed by atoms with Gasteiger partial charge in [-0.25, -0.2) is 19.7 Å². The van der Waals surface area contributed by atoms with Crippen LogP contribution in [-0.4, -0.2) is 70.3 Å². The number of alkyl halides is 3. The molecule has 14 heteroatoms. The van der Waals surface area contributed by atoms with Crippen LogP contribution >= 0.6 is 11.6 Å². The number of nitrogen functional groups attached to an aromatic ring is 1. The average molecular weight is 559 g/mol. The summed E-state index contributed by atoms with van der Waals surface area (Å²) in [5.41, 5.74) is 6.06. The number of hydrogen-bond donors (Lipinski definition) is 3. The Balaban J connectivity index is 0.00000247. The number of fused-ring (bicyclic) bond motifs is 1. The van der Waals surface area contributed by atoms with E-state index in [9.17, 15) is 18.0 Å². The molecular weight excluding hydrogens is 525 g/mol. The van der Waals surface area contributed by atoms with E-state index in [4.69, 9.17) is 22.1 Å². The normalized spacial score (nSPS) is 12.2. The first kappa shape index (κ1) is 31.1. The summed E-state index contributed by atoms with van der Waals surface area (Å²) in [6.07, 6.45) is -0.215. The summed E-state index contributed by atoms with van der Waals surface area (Å²) >= 11 is 5.59. The third-order valence-corrected chi connectivity index (χ3v) is 5.83. The van der Waals surface area contributed by atoms with Gasteiger partial charge in [-0.05, 0) is 44.6 Å². The standard InChI is InChI=1S/C22H28ClF3N8O2.C2H6/c1-33(11-15(36-2)6-9-34-13-31-18-19(27)29-12-30-20(18)34)8-3-7-28-21(35)32-14-4-5-17(23)16(10-14)22(24,25)26;1-2/h4-5,10,12-13,15H,3,6-9,11H2,1-2H3,(H2,27,29,30)(H2,28,32,35);1-2H3. The van der Waals surface area contributed by atoms with E-state index in [2.05, 4.69) is 30.5 Å². The van der Waals surface area contributed by atoms with Crippen LogP contribution in [0, 0.1) is 0 Å². The molecule has 0 spiro atoms. The first-order valence-electron chi connectivity index (χ1n) is 12.1. The number of carbonyl (C=O) groups is 1. The molecule has 2 amide bonds. The van der Waals surface area contributed by atoms with Crippen molar-refractivity contribution >= 4 is 40.3 Å². The smallest absolute Gasteiger partial charge is 0.382 e. The molecule has 10 nitrogen and oxygen atoms in total. The van der Waals surface area contributed by atoms with Crippen LogP contribution in [0.25, 0.3) is 11.2 Å². The molecule has 2 aromatic heterocycles. The summed E-state index contributed by atoms with van der Waals surface area (Å²) in [7, 11) is 3.59. The third kappa shape index (κ3) is 8.99. The van der Waals surface area contributed by atoms with E-state index in [1.165, 1.54) is 12.4 Å². The largest absolute Gasteiger partial charge is 0.417 e. The molecule has 2 heterocycles. The molecule has 0 bridgehead atoms. The highest BCUT2D eigenvalue weighted by molar-refractivity contribution is 6.31. The lowest BCUT2D eigenvalue weighted by Gasteiger charge is -2.23. The van der Waals surface area contributed by atoms with Crippen LogP contribution in [-0.2, 0) is 17.5 Å². The number of benzene rings is 1. The first-order valence-corrected chi connectivity index (χ1v) is 12.5. The van der Waals surface area contributed by atoms with Crippen molar-refractivity contribution in [1.82, 2.24) is 29.7 Å². The van der Waals surface area contributed by atoms with E-state index in [1.807, 2.05) is 25.5 Å². The number of ether oxygens (including phenoxy) is 1. The Hall–Kier alpha value is -3.16. The van der Waals surface area contributed by atoms with E-state index in [-0.39, 0.29) is 11.8 Å². The molecule has 38 heavy (non-hydrogen) atoms. The van der Waals surface area contributed by atoms with E-state index >= 15 is 0 Å². The predicted molar refractivity (Wildman–Crippen MR) is 142 cm³/mol. The van der Waals surface area contributed by atoms with Crippen LogP contribution < -0.4 is 16.4 Å². The third-order valence-electron chi connectivity index (χ3n) is 5.50. The van der Waals surface area contributed by atoms with Crippen molar-refractivity contribution in [3.05, 3.63) is 41.4 Å². The zero-order valence-electron chi connectivity index (χ0n) is 21.8. The highest BCUT2D eigenvalue weighted by Gasteiger charge is 2.33. The minimum atomic E-state index is -4.61. The van der Waals surface area contributed by atoms with Crippen molar-refractivity contribution in [2.75, 3.05) is 44.8 Å². The van der Waals surface area contributed by atoms with Crippen LogP contribution in [0.2, 0.25) is 5.02 Å². The van der Waals surface area contributed by atoms with E-state index in [0.29, 0.717) is 49.6 Å². The van der Waals surface area contributed by atoms with E-state index < -0.39 is 22.8 Å². The number of likely N-dealkylation sites (N-methyl/N-ethyl adjacent to an activating group) is 1. The van der Waals surface area contributed by atoms with Gasteiger partial charge >= 0.3 is 12.2 Å². The molecule has 0 aliphatic heterocycles. The predicted octanol–water partition coefficient (Wildman–Crippen LogP) is 4.66. The molecule has 1 atom stereocenters. The van der Waals surface area contributed by atoms with Crippen LogP contribution in [0.4, 0.5) is 29.5 Å². The number of nitrogens with one attached hydrogen (secondary N) is 2. The van der Waals surface area contributed by atoms with Gasteiger partial charge in [0.05, 0.1) is 23.0 Å². The maximum absolute atomic E-state index is 13.0. The van der Waals surface area contributed by atoms with Crippen molar-refractivity contribution < 1.29 is 22.7 Å². The molecule has 1 aromatic carbocycles. The summed E-state index contributed by atoms with van der Waals surface area (Å²) in [6.45, 7) is 6.33. The van der Waals surface area contributed by atoms with Gasteiger partial charge in [-0.15, -0.1) is 0 Å². The Morgan fingerprint density at radius 2 is 2.00 bits per heavy atom. The van der Waals surface area contributed by atoms with E-state index in [0.717, 1.165) is 18.6 Å². The lowest BCUT2D eigenvalue weighted by molar-refractivity contribution is -0.137. The summed E-state index contributed by atoms with van der Waals surface area (Å²) in [5.74, 6) is 0.336. The molecule has 3 aromatic rings. The second-order valence-electron chi connectivity index (χ2n) is 8.20. The molecular formula is C24H34ClF3N8O2. The van der Waals surface area contributed by atoms with Gasteiger partial charge in [-0.3, -0.25) is 0 Å². The SMILES string of the molecule is CC.COC(CCn1cnc2c(N)ncnc21)CN(C)CCCNC(=O)Nc1ccc(Cl)c(C(F)(F)F)c1. The number of imidazole rings is 1. The maximum atomic E-state index is 13.0. The van der Waals surface area contributed by atoms with Gasteiger partial charge < -0.3 is 30.6 Å². The van der Waals surface area contributed by atoms with Gasteiger partial charge in [0.15, 0.2) is 11.5 Å². The molecule has 1 unspecified atom stereocenters. The van der Waals surface area contributed by atoms with Crippen molar-refractivity contribution in [3.63, 3.8) is 0 Å². The number of anilines is 2. The summed E-state index contributed by atoms with van der Waals surface area (Å²) < 4.78 is 46.4. The van der Waals surface area contributed by atoms with E-state index in [1.54, 1.807) is 13.4 Å². The summed E-state index contributed by atoms with van der Waals surface area (Å²) in [5, 5.41) is 4.60. The quantitative estimate of drug-likeness (QED) is 0.293. The molecule has 0 aliphatic rings. The number of carbonyl (C=O) groups excluding carboxylic acids is 1. The molecule has 3 rings (SSSR count). The van der Waals surface area contributed by atoms with Gasteiger partial charge in [0.2, 0.25) is 0 Å². The molecule has 0 radical (unpaired) electrons. The molecule has 0 saturated carbocycles. The zero-order valence-corrected chi connectivity index (χ0v) is 22.6. The molecule has 0 saturated heterocycles. The monoisotopic (exact) mass is 558 g/mol. The number of hydrogen-bond acceptors (Lipinski definition) is 7. The minimum absolute atomic E-state index is 0.00380. The number of halogens is 4. The van der Waals surface area contributed by atoms with Gasteiger partial charge in [0.1, 0.15) is 11.8 Å². The Kier molecular flexibility index (Phi) is 12.0. The van der Waals surface area contributed by atoms with Crippen molar-refractivity contribution in [3.8, 4) is 0 Å². The second-order valence-corrected chi connectivity index (χ2v) is 8.61. The van der Waals surface area contributed by atoms with Crippen LogP contribution in [0.5, 0.6) is 0 Å².